The summed E-state index contributed by atoms with van der Waals surface area (Å²) in [5.41, 5.74) is 0.355. The van der Waals surface area contributed by atoms with Gasteiger partial charge in [-0.25, -0.2) is 0 Å². The van der Waals surface area contributed by atoms with Gasteiger partial charge in [-0.15, -0.1) is 0 Å². The first-order valence-corrected chi connectivity index (χ1v) is 3.97. The van der Waals surface area contributed by atoms with Gasteiger partial charge in [-0.05, 0) is 6.92 Å². The van der Waals surface area contributed by atoms with Crippen molar-refractivity contribution >= 4 is 5.91 Å². The average molecular weight is 202 g/mol. The molecule has 5 heteroatoms. The molecule has 0 spiro atoms. The molecule has 0 saturated heterocycles. The summed E-state index contributed by atoms with van der Waals surface area (Å²) < 4.78 is 14.7. The van der Waals surface area contributed by atoms with E-state index >= 15 is 0 Å². The van der Waals surface area contributed by atoms with Crippen LogP contribution < -0.4 is 5.32 Å². The lowest BCUT2D eigenvalue weighted by Gasteiger charge is -2.29. The molecule has 0 aromatic rings. The van der Waals surface area contributed by atoms with Crippen molar-refractivity contribution in [3.05, 3.63) is 18.8 Å². The first-order chi connectivity index (χ1) is 6.51. The van der Waals surface area contributed by atoms with Gasteiger partial charge in [0.05, 0.1) is 0 Å². The standard InChI is InChI=1S/C9H16NO4/c1-7(2)8(11)10-9(13-4,14-5)6-12-3/h6H,1H2,2-5H3,(H,10,11). The maximum Gasteiger partial charge on any atom is 0.281 e. The molecule has 0 heterocycles. The Hall–Kier alpha value is -0.910. The topological polar surface area (TPSA) is 56.8 Å². The Morgan fingerprint density at radius 1 is 1.36 bits per heavy atom. The molecule has 0 aliphatic carbocycles. The van der Waals surface area contributed by atoms with Crippen LogP contribution in [0.15, 0.2) is 12.2 Å². The number of carbonyl (C=O) groups is 1. The lowest BCUT2D eigenvalue weighted by atomic mass is 10.3. The normalized spacial score (nSPS) is 11.1. The molecule has 0 unspecified atom stereocenters. The van der Waals surface area contributed by atoms with E-state index in [-0.39, 0.29) is 5.91 Å². The van der Waals surface area contributed by atoms with Crippen molar-refractivity contribution in [3.63, 3.8) is 0 Å². The molecule has 0 saturated carbocycles. The lowest BCUT2D eigenvalue weighted by molar-refractivity contribution is -0.224. The van der Waals surface area contributed by atoms with Crippen LogP contribution in [0.1, 0.15) is 6.92 Å². The Bertz CT molecular complexity index is 211. The van der Waals surface area contributed by atoms with Crippen LogP contribution in [-0.4, -0.2) is 33.1 Å². The van der Waals surface area contributed by atoms with Gasteiger partial charge in [0.25, 0.3) is 5.91 Å². The van der Waals surface area contributed by atoms with Crippen molar-refractivity contribution in [3.8, 4) is 0 Å². The molecule has 1 radical (unpaired) electrons. The van der Waals surface area contributed by atoms with E-state index in [1.807, 2.05) is 0 Å². The first-order valence-electron chi connectivity index (χ1n) is 3.97. The van der Waals surface area contributed by atoms with Crippen LogP contribution in [0.25, 0.3) is 0 Å². The van der Waals surface area contributed by atoms with Crippen LogP contribution in [0.2, 0.25) is 0 Å². The van der Waals surface area contributed by atoms with Crippen LogP contribution in [0.3, 0.4) is 0 Å². The zero-order valence-corrected chi connectivity index (χ0v) is 8.92. The second kappa shape index (κ2) is 5.74. The lowest BCUT2D eigenvalue weighted by Crippen LogP contribution is -2.52. The maximum absolute atomic E-state index is 11.3. The summed E-state index contributed by atoms with van der Waals surface area (Å²) in [7, 11) is 4.20. The van der Waals surface area contributed by atoms with E-state index in [9.17, 15) is 4.79 Å². The second-order valence-electron chi connectivity index (χ2n) is 2.66. The third-order valence-electron chi connectivity index (χ3n) is 1.55. The monoisotopic (exact) mass is 202 g/mol. The smallest absolute Gasteiger partial charge is 0.281 e. The highest BCUT2D eigenvalue weighted by Crippen LogP contribution is 2.12. The first kappa shape index (κ1) is 13.1. The van der Waals surface area contributed by atoms with E-state index in [2.05, 4.69) is 11.9 Å². The predicted octanol–water partition coefficient (Wildman–Crippen LogP) is 0.433. The summed E-state index contributed by atoms with van der Waals surface area (Å²) in [4.78, 5) is 11.3. The highest BCUT2D eigenvalue weighted by Gasteiger charge is 2.32. The van der Waals surface area contributed by atoms with Gasteiger partial charge in [0, 0.05) is 26.9 Å². The van der Waals surface area contributed by atoms with E-state index in [0.29, 0.717) is 5.57 Å². The summed E-state index contributed by atoms with van der Waals surface area (Å²) in [6.45, 7) is 6.30. The number of methoxy groups -OCH3 is 3. The van der Waals surface area contributed by atoms with E-state index in [1.54, 1.807) is 6.92 Å². The van der Waals surface area contributed by atoms with Crippen LogP contribution in [0.5, 0.6) is 0 Å². The minimum Gasteiger partial charge on any atom is -0.371 e. The molecular formula is C9H16NO4. The van der Waals surface area contributed by atoms with Gasteiger partial charge in [0.1, 0.15) is 0 Å². The molecule has 0 bridgehead atoms. The number of carbonyl (C=O) groups excluding carboxylic acids is 1. The molecule has 5 nitrogen and oxygen atoms in total. The summed E-state index contributed by atoms with van der Waals surface area (Å²) in [6.07, 6.45) is 0. The van der Waals surface area contributed by atoms with E-state index in [0.717, 1.165) is 0 Å². The Labute approximate surface area is 84.0 Å². The number of amides is 1. The van der Waals surface area contributed by atoms with Crippen molar-refractivity contribution in [2.45, 2.75) is 12.8 Å². The van der Waals surface area contributed by atoms with Crippen molar-refractivity contribution < 1.29 is 19.0 Å². The fourth-order valence-electron chi connectivity index (χ4n) is 0.731. The fourth-order valence-corrected chi connectivity index (χ4v) is 0.731. The summed E-state index contributed by atoms with van der Waals surface area (Å²) >= 11 is 0. The zero-order valence-electron chi connectivity index (χ0n) is 8.92. The molecule has 0 rings (SSSR count). The maximum atomic E-state index is 11.3. The molecule has 0 aromatic heterocycles. The highest BCUT2D eigenvalue weighted by molar-refractivity contribution is 5.92. The number of hydrogen-bond donors (Lipinski definition) is 1. The molecular weight excluding hydrogens is 186 g/mol. The minimum absolute atomic E-state index is 0.355. The number of nitrogens with one attached hydrogen (secondary N) is 1. The van der Waals surface area contributed by atoms with E-state index < -0.39 is 5.91 Å². The highest BCUT2D eigenvalue weighted by atomic mass is 16.7. The van der Waals surface area contributed by atoms with Crippen LogP contribution in [0.4, 0.5) is 0 Å². The largest absolute Gasteiger partial charge is 0.371 e. The van der Waals surface area contributed by atoms with Gasteiger partial charge >= 0.3 is 0 Å². The van der Waals surface area contributed by atoms with E-state index in [1.165, 1.54) is 27.9 Å². The van der Waals surface area contributed by atoms with Gasteiger partial charge in [-0.3, -0.25) is 10.1 Å². The molecule has 81 valence electrons. The second-order valence-corrected chi connectivity index (χ2v) is 2.66. The van der Waals surface area contributed by atoms with Crippen LogP contribution >= 0.6 is 0 Å². The Balaban J connectivity index is 4.49. The van der Waals surface area contributed by atoms with Crippen LogP contribution in [0, 0.1) is 6.61 Å². The fraction of sp³-hybridized carbons (Fsp3) is 0.556. The molecule has 0 atom stereocenters. The third-order valence-corrected chi connectivity index (χ3v) is 1.55. The predicted molar refractivity (Wildman–Crippen MR) is 51.0 cm³/mol. The summed E-state index contributed by atoms with van der Waals surface area (Å²) in [5.74, 6) is -1.74. The molecule has 0 fully saturated rings. The molecule has 1 N–H and O–H groups in total. The third kappa shape index (κ3) is 3.45. The van der Waals surface area contributed by atoms with Gasteiger partial charge in [0.15, 0.2) is 6.61 Å². The van der Waals surface area contributed by atoms with Gasteiger partial charge in [-0.1, -0.05) is 6.58 Å². The van der Waals surface area contributed by atoms with E-state index in [4.69, 9.17) is 14.2 Å². The quantitative estimate of drug-likeness (QED) is 0.501. The van der Waals surface area contributed by atoms with Crippen LogP contribution in [-0.2, 0) is 19.0 Å². The number of rotatable bonds is 6. The zero-order chi connectivity index (χ0) is 11.2. The van der Waals surface area contributed by atoms with Crippen molar-refractivity contribution in [1.29, 1.82) is 0 Å². The number of ether oxygens (including phenoxy) is 3. The van der Waals surface area contributed by atoms with Gasteiger partial charge in [-0.2, -0.15) is 0 Å². The van der Waals surface area contributed by atoms with Crippen molar-refractivity contribution in [2.24, 2.45) is 0 Å². The van der Waals surface area contributed by atoms with Crippen molar-refractivity contribution in [1.82, 2.24) is 5.32 Å². The average Bonchev–Trinajstić information content (AvgIpc) is 2.16. The summed E-state index contributed by atoms with van der Waals surface area (Å²) in [6, 6.07) is 0. The van der Waals surface area contributed by atoms with Gasteiger partial charge in [0.2, 0.25) is 5.91 Å². The molecule has 0 aliphatic rings. The minimum atomic E-state index is -1.37. The number of hydrogen-bond acceptors (Lipinski definition) is 4. The Kier molecular flexibility index (Phi) is 5.37. The SMILES string of the molecule is C=C(C)C(=O)NC([CH]OC)(OC)OC. The Morgan fingerprint density at radius 2 is 1.86 bits per heavy atom. The molecule has 1 amide bonds. The van der Waals surface area contributed by atoms with Crippen molar-refractivity contribution in [2.75, 3.05) is 21.3 Å². The van der Waals surface area contributed by atoms with Gasteiger partial charge < -0.3 is 14.2 Å². The molecule has 0 aromatic carbocycles. The Morgan fingerprint density at radius 3 is 2.14 bits per heavy atom. The molecule has 0 aliphatic heterocycles. The molecule has 14 heavy (non-hydrogen) atoms. The summed E-state index contributed by atoms with van der Waals surface area (Å²) in [5, 5.41) is 2.47.